The van der Waals surface area contributed by atoms with Gasteiger partial charge in [-0.2, -0.15) is 13.2 Å². The fourth-order valence-electron chi connectivity index (χ4n) is 2.01. The lowest BCUT2D eigenvalue weighted by Crippen LogP contribution is -2.27. The summed E-state index contributed by atoms with van der Waals surface area (Å²) in [6.07, 6.45) is -4.42. The molecule has 1 nitrogen and oxygen atoms in total. The summed E-state index contributed by atoms with van der Waals surface area (Å²) in [5.41, 5.74) is -3.03. The van der Waals surface area contributed by atoms with Gasteiger partial charge in [-0.3, -0.25) is 0 Å². The molecule has 0 saturated carbocycles. The SMILES string of the molecule is FC(F)(F)c1ccccc1C1(F)CCNC1. The van der Waals surface area contributed by atoms with Gasteiger partial charge in [0.15, 0.2) is 0 Å². The second-order valence-corrected chi connectivity index (χ2v) is 3.94. The van der Waals surface area contributed by atoms with E-state index in [1.807, 2.05) is 0 Å². The molecule has 1 saturated heterocycles. The first-order chi connectivity index (χ1) is 7.43. The third-order valence-corrected chi connectivity index (χ3v) is 2.82. The van der Waals surface area contributed by atoms with Crippen molar-refractivity contribution in [2.75, 3.05) is 13.1 Å². The maximum atomic E-state index is 14.3. The van der Waals surface area contributed by atoms with Gasteiger partial charge in [0.25, 0.3) is 0 Å². The third-order valence-electron chi connectivity index (χ3n) is 2.82. The van der Waals surface area contributed by atoms with Gasteiger partial charge in [0.2, 0.25) is 0 Å². The lowest BCUT2D eigenvalue weighted by molar-refractivity contribution is -0.139. The van der Waals surface area contributed by atoms with Crippen molar-refractivity contribution >= 4 is 0 Å². The number of nitrogens with one attached hydrogen (secondary N) is 1. The lowest BCUT2D eigenvalue weighted by atomic mass is 9.90. The normalized spacial score (nSPS) is 26.0. The minimum absolute atomic E-state index is 0.0555. The number of benzene rings is 1. The standard InChI is InChI=1S/C11H11F4N/c12-10(5-6-16-7-10)8-3-1-2-4-9(8)11(13,14)15/h1-4,16H,5-7H2. The molecule has 1 aromatic carbocycles. The van der Waals surface area contributed by atoms with Gasteiger partial charge in [-0.25, -0.2) is 4.39 Å². The summed E-state index contributed by atoms with van der Waals surface area (Å²) in [6, 6.07) is 4.85. The summed E-state index contributed by atoms with van der Waals surface area (Å²) < 4.78 is 52.3. The molecule has 2 rings (SSSR count). The van der Waals surface area contributed by atoms with Crippen LogP contribution in [0.1, 0.15) is 17.5 Å². The Balaban J connectivity index is 2.48. The highest BCUT2D eigenvalue weighted by atomic mass is 19.4. The first kappa shape index (κ1) is 11.4. The van der Waals surface area contributed by atoms with Crippen LogP contribution in [0.5, 0.6) is 0 Å². The smallest absolute Gasteiger partial charge is 0.313 e. The zero-order chi connectivity index (χ0) is 11.8. The number of hydrogen-bond donors (Lipinski definition) is 1. The highest BCUT2D eigenvalue weighted by molar-refractivity contribution is 5.35. The van der Waals surface area contributed by atoms with E-state index in [1.54, 1.807) is 0 Å². The van der Waals surface area contributed by atoms with Crippen molar-refractivity contribution in [3.63, 3.8) is 0 Å². The van der Waals surface area contributed by atoms with E-state index >= 15 is 0 Å². The van der Waals surface area contributed by atoms with Crippen molar-refractivity contribution < 1.29 is 17.6 Å². The van der Waals surface area contributed by atoms with Gasteiger partial charge in [0, 0.05) is 12.1 Å². The molecule has 1 aliphatic heterocycles. The molecule has 1 N–H and O–H groups in total. The van der Waals surface area contributed by atoms with Crippen molar-refractivity contribution in [3.05, 3.63) is 35.4 Å². The van der Waals surface area contributed by atoms with Gasteiger partial charge in [0.05, 0.1) is 5.56 Å². The molecular formula is C11H11F4N. The Morgan fingerprint density at radius 3 is 2.44 bits per heavy atom. The van der Waals surface area contributed by atoms with Crippen LogP contribution in [0.4, 0.5) is 17.6 Å². The van der Waals surface area contributed by atoms with Crippen molar-refractivity contribution in [3.8, 4) is 0 Å². The Hall–Kier alpha value is -1.10. The van der Waals surface area contributed by atoms with Crippen LogP contribution in [-0.4, -0.2) is 13.1 Å². The second kappa shape index (κ2) is 3.73. The molecular weight excluding hydrogens is 222 g/mol. The molecule has 0 bridgehead atoms. The fourth-order valence-corrected chi connectivity index (χ4v) is 2.01. The van der Waals surface area contributed by atoms with Crippen LogP contribution in [0.3, 0.4) is 0 Å². The number of alkyl halides is 4. The van der Waals surface area contributed by atoms with Gasteiger partial charge >= 0.3 is 6.18 Å². The molecule has 1 aromatic rings. The van der Waals surface area contributed by atoms with E-state index in [9.17, 15) is 17.6 Å². The number of rotatable bonds is 1. The Labute approximate surface area is 90.5 Å². The van der Waals surface area contributed by atoms with Gasteiger partial charge < -0.3 is 5.32 Å². The summed E-state index contributed by atoms with van der Waals surface area (Å²) in [6.45, 7) is 0.350. The molecule has 16 heavy (non-hydrogen) atoms. The average molecular weight is 233 g/mol. The van der Waals surface area contributed by atoms with Crippen molar-refractivity contribution in [1.82, 2.24) is 5.32 Å². The second-order valence-electron chi connectivity index (χ2n) is 3.94. The van der Waals surface area contributed by atoms with Crippen molar-refractivity contribution in [2.45, 2.75) is 18.3 Å². The molecule has 0 amide bonds. The predicted octanol–water partition coefficient (Wildman–Crippen LogP) is 2.86. The topological polar surface area (TPSA) is 12.0 Å². The molecule has 88 valence electrons. The summed E-state index contributed by atoms with van der Waals surface area (Å²) in [4.78, 5) is 0. The van der Waals surface area contributed by atoms with Crippen LogP contribution in [0.25, 0.3) is 0 Å². The molecule has 0 aliphatic carbocycles. The molecule has 1 heterocycles. The Morgan fingerprint density at radius 2 is 1.88 bits per heavy atom. The van der Waals surface area contributed by atoms with Crippen molar-refractivity contribution in [2.24, 2.45) is 0 Å². The van der Waals surface area contributed by atoms with Crippen LogP contribution in [-0.2, 0) is 11.8 Å². The molecule has 1 unspecified atom stereocenters. The van der Waals surface area contributed by atoms with Gasteiger partial charge in [-0.15, -0.1) is 0 Å². The number of halogens is 4. The molecule has 0 radical (unpaired) electrons. The lowest BCUT2D eigenvalue weighted by Gasteiger charge is -2.23. The predicted molar refractivity (Wildman–Crippen MR) is 51.7 cm³/mol. The molecule has 1 atom stereocenters. The van der Waals surface area contributed by atoms with E-state index in [0.717, 1.165) is 6.07 Å². The summed E-state index contributed by atoms with van der Waals surface area (Å²) in [7, 11) is 0. The largest absolute Gasteiger partial charge is 0.416 e. The van der Waals surface area contributed by atoms with Crippen LogP contribution in [0, 0.1) is 0 Å². The minimum atomic E-state index is -4.50. The Morgan fingerprint density at radius 1 is 1.19 bits per heavy atom. The summed E-state index contributed by atoms with van der Waals surface area (Å²) >= 11 is 0. The zero-order valence-corrected chi connectivity index (χ0v) is 8.44. The average Bonchev–Trinajstić information content (AvgIpc) is 2.65. The first-order valence-electron chi connectivity index (χ1n) is 5.00. The van der Waals surface area contributed by atoms with Gasteiger partial charge in [-0.1, -0.05) is 18.2 Å². The molecule has 0 aromatic heterocycles. The molecule has 5 heteroatoms. The monoisotopic (exact) mass is 233 g/mol. The van der Waals surface area contributed by atoms with Crippen molar-refractivity contribution in [1.29, 1.82) is 0 Å². The van der Waals surface area contributed by atoms with Crippen LogP contribution in [0.2, 0.25) is 0 Å². The maximum Gasteiger partial charge on any atom is 0.416 e. The Kier molecular flexibility index (Phi) is 2.66. The highest BCUT2D eigenvalue weighted by Crippen LogP contribution is 2.40. The van der Waals surface area contributed by atoms with E-state index in [0.29, 0.717) is 6.54 Å². The van der Waals surface area contributed by atoms with Gasteiger partial charge in [-0.05, 0) is 19.0 Å². The van der Waals surface area contributed by atoms with E-state index in [4.69, 9.17) is 0 Å². The summed E-state index contributed by atoms with van der Waals surface area (Å²) in [5.74, 6) is 0. The Bertz CT molecular complexity index is 380. The molecule has 0 spiro atoms. The molecule has 1 fully saturated rings. The fraction of sp³-hybridized carbons (Fsp3) is 0.455. The maximum absolute atomic E-state index is 14.3. The van der Waals surface area contributed by atoms with E-state index in [1.165, 1.54) is 18.2 Å². The quantitative estimate of drug-likeness (QED) is 0.735. The van der Waals surface area contributed by atoms with Gasteiger partial charge in [0.1, 0.15) is 5.67 Å². The van der Waals surface area contributed by atoms with E-state index in [-0.39, 0.29) is 18.5 Å². The van der Waals surface area contributed by atoms with Crippen LogP contribution >= 0.6 is 0 Å². The van der Waals surface area contributed by atoms with Crippen LogP contribution < -0.4 is 5.32 Å². The van der Waals surface area contributed by atoms with E-state index < -0.39 is 17.4 Å². The zero-order valence-electron chi connectivity index (χ0n) is 8.44. The molecule has 1 aliphatic rings. The number of hydrogen-bond acceptors (Lipinski definition) is 1. The van der Waals surface area contributed by atoms with Crippen LogP contribution in [0.15, 0.2) is 24.3 Å². The van der Waals surface area contributed by atoms with E-state index in [2.05, 4.69) is 5.32 Å². The first-order valence-corrected chi connectivity index (χ1v) is 5.00. The highest BCUT2D eigenvalue weighted by Gasteiger charge is 2.43. The minimum Gasteiger partial charge on any atom is -0.313 e. The third kappa shape index (κ3) is 1.91. The summed E-state index contributed by atoms with van der Waals surface area (Å²) in [5, 5.41) is 2.75.